The Labute approximate surface area is 163 Å². The van der Waals surface area contributed by atoms with Gasteiger partial charge < -0.3 is 15.1 Å². The van der Waals surface area contributed by atoms with E-state index >= 15 is 0 Å². The van der Waals surface area contributed by atoms with E-state index in [2.05, 4.69) is 5.16 Å². The molecule has 0 amide bonds. The number of carboxylic acids is 1. The Morgan fingerprint density at radius 3 is 2.82 bits per heavy atom. The number of nitrogens with zero attached hydrogens (tertiary/aromatic N) is 1. The van der Waals surface area contributed by atoms with E-state index < -0.39 is 29.5 Å². The maximum Gasteiger partial charge on any atom is 0.344 e. The number of rotatable bonds is 4. The largest absolute Gasteiger partial charge is 0.479 e. The Morgan fingerprint density at radius 1 is 1.29 bits per heavy atom. The van der Waals surface area contributed by atoms with Crippen LogP contribution in [0.4, 0.5) is 0 Å². The zero-order valence-corrected chi connectivity index (χ0v) is 16.1. The molecule has 4 aliphatic rings. The molecule has 0 aliphatic heterocycles. The number of aliphatic hydroxyl groups excluding tert-OH is 1. The highest BCUT2D eigenvalue weighted by Crippen LogP contribution is 2.62. The van der Waals surface area contributed by atoms with Gasteiger partial charge in [0.05, 0.1) is 12.3 Å². The second-order valence-electron chi connectivity index (χ2n) is 9.07. The van der Waals surface area contributed by atoms with Crippen molar-refractivity contribution >= 4 is 23.8 Å². The van der Waals surface area contributed by atoms with Crippen LogP contribution in [-0.4, -0.2) is 46.7 Å². The van der Waals surface area contributed by atoms with Crippen molar-refractivity contribution in [2.75, 3.05) is 6.61 Å². The second kappa shape index (κ2) is 6.79. The first-order chi connectivity index (χ1) is 13.3. The Hall–Kier alpha value is -2.02. The average molecular weight is 389 g/mol. The number of allylic oxidation sites excluding steroid dienone is 1. The van der Waals surface area contributed by atoms with Gasteiger partial charge in [0, 0.05) is 23.2 Å². The highest BCUT2D eigenvalue weighted by Gasteiger charge is 2.61. The fourth-order valence-corrected chi connectivity index (χ4v) is 6.35. The molecular weight excluding hydrogens is 362 g/mol. The number of oxime groups is 1. The molecular formula is C21H27NO6. The van der Waals surface area contributed by atoms with E-state index in [0.29, 0.717) is 25.7 Å². The summed E-state index contributed by atoms with van der Waals surface area (Å²) >= 11 is 0. The van der Waals surface area contributed by atoms with Crippen LogP contribution in [0.2, 0.25) is 0 Å². The van der Waals surface area contributed by atoms with E-state index in [1.165, 1.54) is 0 Å². The Morgan fingerprint density at radius 2 is 2.07 bits per heavy atom. The molecule has 0 aromatic heterocycles. The van der Waals surface area contributed by atoms with E-state index in [0.717, 1.165) is 24.8 Å². The molecule has 0 aromatic carbocycles. The number of aliphatic hydroxyl groups is 1. The van der Waals surface area contributed by atoms with Crippen molar-refractivity contribution in [1.82, 2.24) is 0 Å². The maximum atomic E-state index is 13.1. The molecule has 0 spiro atoms. The van der Waals surface area contributed by atoms with Crippen LogP contribution in [0, 0.1) is 28.6 Å². The SMILES string of the molecule is C[C@]12CC[C@H]3[C@@H](C(=O)C=C4C[C@@H](O)CC[C@@]43/C=N\OCC(=O)O)[C@@H]1CCC2=O. The van der Waals surface area contributed by atoms with Crippen LogP contribution in [0.3, 0.4) is 0 Å². The van der Waals surface area contributed by atoms with Crippen molar-refractivity contribution < 1.29 is 29.4 Å². The molecule has 0 unspecified atom stereocenters. The summed E-state index contributed by atoms with van der Waals surface area (Å²) in [5.41, 5.74) is -0.0642. The Bertz CT molecular complexity index is 773. The van der Waals surface area contributed by atoms with Gasteiger partial charge in [-0.2, -0.15) is 0 Å². The average Bonchev–Trinajstić information content (AvgIpc) is 2.94. The number of carbonyl (C=O) groups excluding carboxylic acids is 2. The number of ketones is 2. The minimum Gasteiger partial charge on any atom is -0.479 e. The minimum atomic E-state index is -1.10. The number of hydrogen-bond donors (Lipinski definition) is 2. The quantitative estimate of drug-likeness (QED) is 0.562. The van der Waals surface area contributed by atoms with Gasteiger partial charge in [0.2, 0.25) is 6.61 Å². The summed E-state index contributed by atoms with van der Waals surface area (Å²) in [4.78, 5) is 41.3. The summed E-state index contributed by atoms with van der Waals surface area (Å²) < 4.78 is 0. The molecule has 0 aromatic rings. The van der Waals surface area contributed by atoms with Gasteiger partial charge in [-0.15, -0.1) is 0 Å². The van der Waals surface area contributed by atoms with Gasteiger partial charge in [0.25, 0.3) is 0 Å². The summed E-state index contributed by atoms with van der Waals surface area (Å²) in [6, 6.07) is 0. The summed E-state index contributed by atoms with van der Waals surface area (Å²) in [5.74, 6) is -0.940. The summed E-state index contributed by atoms with van der Waals surface area (Å²) in [7, 11) is 0. The molecule has 6 atom stereocenters. The maximum absolute atomic E-state index is 13.1. The van der Waals surface area contributed by atoms with Crippen LogP contribution in [0.25, 0.3) is 0 Å². The number of hydrogen-bond acceptors (Lipinski definition) is 6. The molecule has 4 rings (SSSR count). The summed E-state index contributed by atoms with van der Waals surface area (Å²) in [6.07, 6.45) is 7.30. The number of carboxylic acid groups (broad SMARTS) is 1. The van der Waals surface area contributed by atoms with Gasteiger partial charge in [0.15, 0.2) is 5.78 Å². The van der Waals surface area contributed by atoms with Crippen LogP contribution in [-0.2, 0) is 19.2 Å². The van der Waals surface area contributed by atoms with E-state index in [9.17, 15) is 19.5 Å². The monoisotopic (exact) mass is 389 g/mol. The van der Waals surface area contributed by atoms with E-state index in [-0.39, 0.29) is 29.3 Å². The number of fused-ring (bicyclic) bond motifs is 5. The van der Waals surface area contributed by atoms with Crippen LogP contribution < -0.4 is 0 Å². The molecule has 2 N–H and O–H groups in total. The normalized spacial score (nSPS) is 42.6. The first kappa shape index (κ1) is 19.3. The predicted molar refractivity (Wildman–Crippen MR) is 99.5 cm³/mol. The molecule has 0 radical (unpaired) electrons. The van der Waals surface area contributed by atoms with Crippen LogP contribution in [0.1, 0.15) is 51.9 Å². The summed E-state index contributed by atoms with van der Waals surface area (Å²) in [6.45, 7) is 1.49. The molecule has 7 heteroatoms. The zero-order chi connectivity index (χ0) is 20.1. The molecule has 0 bridgehead atoms. The lowest BCUT2D eigenvalue weighted by atomic mass is 9.47. The molecule has 0 heterocycles. The van der Waals surface area contributed by atoms with E-state index in [4.69, 9.17) is 9.94 Å². The van der Waals surface area contributed by atoms with Crippen molar-refractivity contribution in [2.45, 2.75) is 58.0 Å². The van der Waals surface area contributed by atoms with Crippen LogP contribution in [0.15, 0.2) is 16.8 Å². The molecule has 7 nitrogen and oxygen atoms in total. The van der Waals surface area contributed by atoms with Crippen molar-refractivity contribution in [3.05, 3.63) is 11.6 Å². The van der Waals surface area contributed by atoms with Gasteiger partial charge in [-0.1, -0.05) is 17.7 Å². The van der Waals surface area contributed by atoms with Gasteiger partial charge in [0.1, 0.15) is 5.78 Å². The lowest BCUT2D eigenvalue weighted by Crippen LogP contribution is -2.55. The van der Waals surface area contributed by atoms with Crippen molar-refractivity contribution in [3.8, 4) is 0 Å². The lowest BCUT2D eigenvalue weighted by molar-refractivity contribution is -0.142. The third-order valence-electron chi connectivity index (χ3n) is 7.78. The first-order valence-electron chi connectivity index (χ1n) is 10.1. The fourth-order valence-electron chi connectivity index (χ4n) is 6.35. The van der Waals surface area contributed by atoms with Gasteiger partial charge in [-0.3, -0.25) is 9.59 Å². The Balaban J connectivity index is 1.72. The lowest BCUT2D eigenvalue weighted by Gasteiger charge is -2.55. The predicted octanol–water partition coefficient (Wildman–Crippen LogP) is 2.13. The summed E-state index contributed by atoms with van der Waals surface area (Å²) in [5, 5.41) is 22.9. The van der Waals surface area contributed by atoms with Crippen molar-refractivity contribution in [3.63, 3.8) is 0 Å². The van der Waals surface area contributed by atoms with E-state index in [1.807, 2.05) is 6.92 Å². The molecule has 152 valence electrons. The van der Waals surface area contributed by atoms with Crippen molar-refractivity contribution in [1.29, 1.82) is 0 Å². The van der Waals surface area contributed by atoms with Crippen LogP contribution >= 0.6 is 0 Å². The third-order valence-corrected chi connectivity index (χ3v) is 7.78. The molecule has 28 heavy (non-hydrogen) atoms. The van der Waals surface area contributed by atoms with Gasteiger partial charge in [-0.25, -0.2) is 4.79 Å². The Kier molecular flexibility index (Phi) is 4.68. The number of carbonyl (C=O) groups is 3. The smallest absolute Gasteiger partial charge is 0.344 e. The standard InChI is InChI=1S/C21H27NO6/c1-20-6-5-15-19(14(20)2-3-17(20)25)16(24)9-12-8-13(23)4-7-21(12,15)11-22-28-10-18(26)27/h9,11,13-15,19,23H,2-8,10H2,1H3,(H,26,27)/b22-11-/t13-,14-,15-,19-,20-,21+/m0/s1. The van der Waals surface area contributed by atoms with Crippen LogP contribution in [0.5, 0.6) is 0 Å². The minimum absolute atomic E-state index is 0.00801. The van der Waals surface area contributed by atoms with E-state index in [1.54, 1.807) is 12.3 Å². The number of aliphatic carboxylic acids is 1. The molecule has 3 saturated carbocycles. The topological polar surface area (TPSA) is 113 Å². The third kappa shape index (κ3) is 2.82. The van der Waals surface area contributed by atoms with Gasteiger partial charge in [-0.05, 0) is 56.4 Å². The molecule has 4 aliphatic carbocycles. The van der Waals surface area contributed by atoms with Crippen molar-refractivity contribution in [2.24, 2.45) is 33.7 Å². The highest BCUT2D eigenvalue weighted by atomic mass is 16.6. The zero-order valence-electron chi connectivity index (χ0n) is 16.1. The second-order valence-corrected chi connectivity index (χ2v) is 9.07. The molecule has 0 saturated heterocycles. The first-order valence-corrected chi connectivity index (χ1v) is 10.1. The fraction of sp³-hybridized carbons (Fsp3) is 0.714. The van der Waals surface area contributed by atoms with Gasteiger partial charge >= 0.3 is 5.97 Å². The highest BCUT2D eigenvalue weighted by molar-refractivity contribution is 5.98. The molecule has 3 fully saturated rings. The number of Topliss-reactive ketones (excluding diaryl/α,β-unsaturated/α-hetero) is 1.